The molecule has 3 aromatic rings. The highest BCUT2D eigenvalue weighted by Crippen LogP contribution is 2.27. The van der Waals surface area contributed by atoms with Crippen molar-refractivity contribution in [2.45, 2.75) is 110 Å². The predicted octanol–water partition coefficient (Wildman–Crippen LogP) is 3.21. The van der Waals surface area contributed by atoms with Gasteiger partial charge in [0, 0.05) is 19.3 Å². The van der Waals surface area contributed by atoms with Gasteiger partial charge in [0.05, 0.1) is 15.2 Å². The number of nitrogens with two attached hydrogens (primary N) is 2. The van der Waals surface area contributed by atoms with E-state index in [0.717, 1.165) is 15.8 Å². The smallest absolute Gasteiger partial charge is 0.243 e. The molecule has 1 heterocycles. The fraction of sp³-hybridized carbons (Fsp3) is 0.514. The third-order valence-corrected chi connectivity index (χ3v) is 9.38. The molecule has 0 unspecified atom stereocenters. The molecule has 13 heteroatoms. The first-order chi connectivity index (χ1) is 23.8. The van der Waals surface area contributed by atoms with Crippen LogP contribution in [-0.4, -0.2) is 65.2 Å². The van der Waals surface area contributed by atoms with Gasteiger partial charge >= 0.3 is 0 Å². The van der Waals surface area contributed by atoms with E-state index in [1.54, 1.807) is 6.92 Å². The predicted molar refractivity (Wildman–Crippen MR) is 197 cm³/mol. The van der Waals surface area contributed by atoms with Crippen LogP contribution in [0.1, 0.15) is 88.8 Å². The van der Waals surface area contributed by atoms with Crippen LogP contribution < -0.4 is 32.7 Å². The molecule has 0 aliphatic carbocycles. The van der Waals surface area contributed by atoms with Gasteiger partial charge in [-0.05, 0) is 67.3 Å². The number of primary amides is 1. The Hall–Kier alpha value is -4.36. The lowest BCUT2D eigenvalue weighted by molar-refractivity contribution is -0.134. The summed E-state index contributed by atoms with van der Waals surface area (Å²) in [5, 5.41) is 11.8. The Labute approximate surface area is 298 Å². The summed E-state index contributed by atoms with van der Waals surface area (Å²) >= 11 is 1.46. The number of carbonyl (C=O) groups is 5. The number of hydrogen-bond donors (Lipinski definition) is 6. The van der Waals surface area contributed by atoms with Crippen molar-refractivity contribution in [3.63, 3.8) is 0 Å². The molecule has 12 nitrogen and oxygen atoms in total. The highest BCUT2D eigenvalue weighted by Gasteiger charge is 2.31. The van der Waals surface area contributed by atoms with Crippen LogP contribution in [0.3, 0.4) is 0 Å². The van der Waals surface area contributed by atoms with Crippen molar-refractivity contribution in [1.82, 2.24) is 26.3 Å². The minimum absolute atomic E-state index is 0.0879. The lowest BCUT2D eigenvalue weighted by atomic mass is 10.0. The van der Waals surface area contributed by atoms with Crippen molar-refractivity contribution < 1.29 is 24.0 Å². The molecule has 2 aromatic carbocycles. The molecule has 272 valence electrons. The van der Waals surface area contributed by atoms with Crippen molar-refractivity contribution in [3.8, 4) is 0 Å². The molecule has 8 N–H and O–H groups in total. The maximum absolute atomic E-state index is 14.0. The number of nitrogens with zero attached hydrogens (tertiary/aromatic N) is 1. The third-order valence-electron chi connectivity index (χ3n) is 8.34. The second kappa shape index (κ2) is 19.7. The van der Waals surface area contributed by atoms with Crippen LogP contribution in [0.5, 0.6) is 0 Å². The number of unbranched alkanes of at least 4 members (excludes halogenated alkanes) is 1. The normalized spacial score (nSPS) is 13.8. The first-order valence-corrected chi connectivity index (χ1v) is 18.3. The number of fused-ring (bicyclic) bond motifs is 1. The summed E-state index contributed by atoms with van der Waals surface area (Å²) in [6.45, 7) is 10.2. The van der Waals surface area contributed by atoms with Gasteiger partial charge in [-0.2, -0.15) is 0 Å². The topological polar surface area (TPSA) is 198 Å². The molecular weight excluding hydrogens is 655 g/mol. The first kappa shape index (κ1) is 40.1. The number of nitrogens with one attached hydrogen (secondary N) is 4. The monoisotopic (exact) mass is 707 g/mol. The fourth-order valence-electron chi connectivity index (χ4n) is 5.47. The van der Waals surface area contributed by atoms with Gasteiger partial charge < -0.3 is 32.7 Å². The average Bonchev–Trinajstić information content (AvgIpc) is 3.48. The molecule has 1 aromatic heterocycles. The molecular formula is C37H53N7O5S. The largest absolute Gasteiger partial charge is 0.368 e. The van der Waals surface area contributed by atoms with Crippen molar-refractivity contribution in [1.29, 1.82) is 0 Å². The van der Waals surface area contributed by atoms with Gasteiger partial charge in [0.1, 0.15) is 24.2 Å². The van der Waals surface area contributed by atoms with E-state index in [-0.39, 0.29) is 37.5 Å². The van der Waals surface area contributed by atoms with Gasteiger partial charge in [0.25, 0.3) is 0 Å². The number of carbonyl (C=O) groups excluding carboxylic acids is 5. The van der Waals surface area contributed by atoms with Gasteiger partial charge in [-0.15, -0.1) is 11.3 Å². The first-order valence-electron chi connectivity index (χ1n) is 17.4. The zero-order valence-corrected chi connectivity index (χ0v) is 30.6. The number of aromatic nitrogens is 1. The molecule has 0 saturated carbocycles. The third kappa shape index (κ3) is 12.5. The standard InChI is InChI=1S/C37H53N7O5S/c1-6-32(45)40-30(21-33-41-26-16-15-25(23(4)5)20-31(26)50-33)37(49)44-29(19-24-12-8-7-9-13-24)36(48)42-27(14-10-11-17-38)35(47)43-28(34(39)46)18-22(2)3/h7-9,12-13,15-16,20,22-23,27-30H,6,10-11,14,17-19,21,38H2,1-5H3,(H2,39,46)(H,40,45)(H,42,48)(H,43,47)(H,44,49)/t27-,28-,29-,30-/m0/s1. The molecule has 0 bridgehead atoms. The Morgan fingerprint density at radius 2 is 1.40 bits per heavy atom. The van der Waals surface area contributed by atoms with E-state index in [1.165, 1.54) is 16.9 Å². The lowest BCUT2D eigenvalue weighted by Crippen LogP contribution is -2.58. The number of thiazole rings is 1. The van der Waals surface area contributed by atoms with Crippen LogP contribution >= 0.6 is 11.3 Å². The van der Waals surface area contributed by atoms with Crippen LogP contribution in [-0.2, 0) is 36.8 Å². The number of hydrogen-bond acceptors (Lipinski definition) is 8. The molecule has 0 spiro atoms. The minimum atomic E-state index is -1.10. The summed E-state index contributed by atoms with van der Waals surface area (Å²) < 4.78 is 0.986. The van der Waals surface area contributed by atoms with Gasteiger partial charge in [-0.25, -0.2) is 4.98 Å². The quantitative estimate of drug-likeness (QED) is 0.0969. The van der Waals surface area contributed by atoms with Crippen LogP contribution in [0.15, 0.2) is 48.5 Å². The SMILES string of the molecule is CCC(=O)N[C@@H](Cc1nc2ccc(C(C)C)cc2s1)C(=O)N[C@@H](Cc1ccccc1)C(=O)N[C@@H](CCCCN)C(=O)N[C@@H](CC(C)C)C(N)=O. The highest BCUT2D eigenvalue weighted by atomic mass is 32.1. The second-order valence-corrected chi connectivity index (χ2v) is 14.5. The van der Waals surface area contributed by atoms with Crippen molar-refractivity contribution in [3.05, 3.63) is 64.7 Å². The van der Waals surface area contributed by atoms with Gasteiger partial charge in [-0.1, -0.05) is 71.0 Å². The lowest BCUT2D eigenvalue weighted by Gasteiger charge is -2.26. The van der Waals surface area contributed by atoms with Crippen molar-refractivity contribution in [2.75, 3.05) is 6.54 Å². The fourth-order valence-corrected chi connectivity index (χ4v) is 6.53. The molecule has 0 aliphatic heterocycles. The summed E-state index contributed by atoms with van der Waals surface area (Å²) in [5.74, 6) is -2.24. The molecule has 3 rings (SSSR count). The maximum atomic E-state index is 14.0. The Morgan fingerprint density at radius 3 is 2.00 bits per heavy atom. The number of benzene rings is 2. The highest BCUT2D eigenvalue weighted by molar-refractivity contribution is 7.18. The van der Waals surface area contributed by atoms with E-state index < -0.39 is 47.8 Å². The molecule has 5 amide bonds. The Morgan fingerprint density at radius 1 is 0.780 bits per heavy atom. The summed E-state index contributed by atoms with van der Waals surface area (Å²) in [6.07, 6.45) is 2.19. The van der Waals surface area contributed by atoms with E-state index in [2.05, 4.69) is 41.2 Å². The van der Waals surface area contributed by atoms with Crippen LogP contribution in [0, 0.1) is 5.92 Å². The summed E-state index contributed by atoms with van der Waals surface area (Å²) in [7, 11) is 0. The van der Waals surface area contributed by atoms with Gasteiger partial charge in [0.2, 0.25) is 29.5 Å². The van der Waals surface area contributed by atoms with E-state index in [4.69, 9.17) is 16.5 Å². The summed E-state index contributed by atoms with van der Waals surface area (Å²) in [4.78, 5) is 70.8. The van der Waals surface area contributed by atoms with Crippen LogP contribution in [0.2, 0.25) is 0 Å². The number of rotatable bonds is 20. The molecule has 0 saturated heterocycles. The van der Waals surface area contributed by atoms with Crippen LogP contribution in [0.4, 0.5) is 0 Å². The maximum Gasteiger partial charge on any atom is 0.243 e. The van der Waals surface area contributed by atoms with Crippen molar-refractivity contribution >= 4 is 51.1 Å². The van der Waals surface area contributed by atoms with Crippen LogP contribution in [0.25, 0.3) is 10.2 Å². The van der Waals surface area contributed by atoms with Crippen molar-refractivity contribution in [2.24, 2.45) is 17.4 Å². The van der Waals surface area contributed by atoms with E-state index >= 15 is 0 Å². The van der Waals surface area contributed by atoms with Gasteiger partial charge in [-0.3, -0.25) is 24.0 Å². The average molecular weight is 708 g/mol. The molecule has 0 fully saturated rings. The zero-order valence-electron chi connectivity index (χ0n) is 29.8. The van der Waals surface area contributed by atoms with Gasteiger partial charge in [0.15, 0.2) is 0 Å². The molecule has 0 radical (unpaired) electrons. The van der Waals surface area contributed by atoms with E-state index in [1.807, 2.05) is 56.3 Å². The Bertz CT molecular complexity index is 1590. The van der Waals surface area contributed by atoms with E-state index in [0.29, 0.717) is 36.7 Å². The number of amides is 5. The zero-order chi connectivity index (χ0) is 36.8. The second-order valence-electron chi connectivity index (χ2n) is 13.4. The molecule has 50 heavy (non-hydrogen) atoms. The Balaban J connectivity index is 1.88. The summed E-state index contributed by atoms with van der Waals surface area (Å²) in [6, 6.07) is 11.3. The molecule has 4 atom stereocenters. The van der Waals surface area contributed by atoms with E-state index in [9.17, 15) is 24.0 Å². The summed E-state index contributed by atoms with van der Waals surface area (Å²) in [5.41, 5.74) is 14.0. The Kier molecular flexibility index (Phi) is 15.8. The molecule has 0 aliphatic rings. The minimum Gasteiger partial charge on any atom is -0.368 e.